The van der Waals surface area contributed by atoms with Crippen LogP contribution in [0.1, 0.15) is 6.92 Å². The van der Waals surface area contributed by atoms with E-state index >= 15 is 0 Å². The molecule has 4 heterocycles. The molecule has 4 fully saturated rings. The molecule has 0 aromatic rings. The van der Waals surface area contributed by atoms with Crippen molar-refractivity contribution in [3.8, 4) is 0 Å². The largest absolute Gasteiger partial charge is 0.397 e. The standard InChI is InChI=1S/C26H45NO24S/c1-6(32)27-11-21(50-25-17(38)14(35)12(33)7(2-28)46-25)13(34)8(3-29)45-24(11)49-20-10(5-31)47-26(18(39)22(20)51-52(41,42)43)48-19-9(4-30)44-23(40)16(37)15(19)36/h7-26,28-31,33-40H,2-5H2,1H3,(H,27,32)(H,41,42,43)/t7-,8-,9-,10-,11-,12+,13-,14+,15-,16-,17-,18-,19-,20+,21-,22-,23-,24+,25+,26+/m1/s1. The van der Waals surface area contributed by atoms with Gasteiger partial charge in [-0.25, -0.2) is 4.18 Å². The van der Waals surface area contributed by atoms with Crippen molar-refractivity contribution in [3.63, 3.8) is 0 Å². The topological polar surface area (TPSA) is 400 Å². The first kappa shape index (κ1) is 43.3. The summed E-state index contributed by atoms with van der Waals surface area (Å²) in [5.41, 5.74) is 0. The van der Waals surface area contributed by atoms with E-state index in [-0.39, 0.29) is 0 Å². The van der Waals surface area contributed by atoms with Crippen molar-refractivity contribution in [2.75, 3.05) is 26.4 Å². The molecule has 0 aliphatic carbocycles. The van der Waals surface area contributed by atoms with Crippen molar-refractivity contribution >= 4 is 16.3 Å². The summed E-state index contributed by atoms with van der Waals surface area (Å²) in [6, 6.07) is -1.74. The summed E-state index contributed by atoms with van der Waals surface area (Å²) >= 11 is 0. The predicted molar refractivity (Wildman–Crippen MR) is 156 cm³/mol. The van der Waals surface area contributed by atoms with Crippen LogP contribution in [-0.2, 0) is 52.5 Å². The molecule has 0 bridgehead atoms. The molecule has 0 aromatic carbocycles. The van der Waals surface area contributed by atoms with Gasteiger partial charge in [0.15, 0.2) is 25.2 Å². The lowest BCUT2D eigenvalue weighted by Gasteiger charge is -2.50. The summed E-state index contributed by atoms with van der Waals surface area (Å²) in [5.74, 6) is -0.851. The van der Waals surface area contributed by atoms with Gasteiger partial charge in [0.2, 0.25) is 5.91 Å². The Hall–Kier alpha value is -1.42. The molecule has 4 rings (SSSR count). The Kier molecular flexibility index (Phi) is 15.0. The van der Waals surface area contributed by atoms with E-state index in [4.69, 9.17) is 33.2 Å². The van der Waals surface area contributed by atoms with Crippen LogP contribution in [0.15, 0.2) is 0 Å². The molecule has 20 atom stereocenters. The van der Waals surface area contributed by atoms with Crippen molar-refractivity contribution < 1.29 is 116 Å². The highest BCUT2D eigenvalue weighted by Gasteiger charge is 2.57. The fourth-order valence-corrected chi connectivity index (χ4v) is 6.69. The molecule has 4 saturated heterocycles. The third kappa shape index (κ3) is 9.50. The second-order valence-corrected chi connectivity index (χ2v) is 13.4. The Bertz CT molecular complexity index is 1260. The Morgan fingerprint density at radius 1 is 0.558 bits per heavy atom. The monoisotopic (exact) mass is 787 g/mol. The van der Waals surface area contributed by atoms with Gasteiger partial charge < -0.3 is 99.8 Å². The predicted octanol–water partition coefficient (Wildman–Crippen LogP) is -9.78. The lowest BCUT2D eigenvalue weighted by molar-refractivity contribution is -0.376. The average molecular weight is 788 g/mol. The smallest absolute Gasteiger partial charge is 0.394 e. The van der Waals surface area contributed by atoms with Crippen molar-refractivity contribution in [1.29, 1.82) is 0 Å². The van der Waals surface area contributed by atoms with E-state index in [1.165, 1.54) is 0 Å². The van der Waals surface area contributed by atoms with Gasteiger partial charge in [-0.1, -0.05) is 0 Å². The minimum absolute atomic E-state index is 0.851. The van der Waals surface area contributed by atoms with Gasteiger partial charge in [0.1, 0.15) is 97.6 Å². The Labute approximate surface area is 294 Å². The molecule has 0 radical (unpaired) electrons. The Morgan fingerprint density at radius 3 is 1.60 bits per heavy atom. The van der Waals surface area contributed by atoms with Crippen LogP contribution in [0.4, 0.5) is 0 Å². The molecule has 25 nitrogen and oxygen atoms in total. The zero-order valence-electron chi connectivity index (χ0n) is 27.1. The molecule has 4 aliphatic rings. The molecule has 304 valence electrons. The molecule has 0 aromatic heterocycles. The zero-order valence-corrected chi connectivity index (χ0v) is 27.9. The van der Waals surface area contributed by atoms with E-state index in [0.29, 0.717) is 0 Å². The van der Waals surface area contributed by atoms with Crippen molar-refractivity contribution in [2.24, 2.45) is 0 Å². The number of aliphatic hydroxyl groups excluding tert-OH is 12. The Morgan fingerprint density at radius 2 is 1.04 bits per heavy atom. The number of amides is 1. The first-order valence-electron chi connectivity index (χ1n) is 15.8. The van der Waals surface area contributed by atoms with E-state index in [9.17, 15) is 79.0 Å². The highest BCUT2D eigenvalue weighted by atomic mass is 32.3. The molecule has 52 heavy (non-hydrogen) atoms. The number of ether oxygens (including phenoxy) is 7. The van der Waals surface area contributed by atoms with Crippen LogP contribution in [0.25, 0.3) is 0 Å². The molecule has 1 amide bonds. The van der Waals surface area contributed by atoms with E-state index in [1.54, 1.807) is 0 Å². The van der Waals surface area contributed by atoms with Crippen molar-refractivity contribution in [3.05, 3.63) is 0 Å². The average Bonchev–Trinajstić information content (AvgIpc) is 3.08. The first-order chi connectivity index (χ1) is 24.4. The summed E-state index contributed by atoms with van der Waals surface area (Å²) in [6.45, 7) is -2.92. The summed E-state index contributed by atoms with van der Waals surface area (Å²) in [4.78, 5) is 12.3. The summed E-state index contributed by atoms with van der Waals surface area (Å²) in [5, 5.41) is 125. The summed E-state index contributed by atoms with van der Waals surface area (Å²) < 4.78 is 76.7. The van der Waals surface area contributed by atoms with Crippen LogP contribution in [0.3, 0.4) is 0 Å². The van der Waals surface area contributed by atoms with Crippen LogP contribution in [0, 0.1) is 0 Å². The molecule has 14 N–H and O–H groups in total. The number of carbonyl (C=O) groups is 1. The van der Waals surface area contributed by atoms with Crippen LogP contribution in [0.2, 0.25) is 0 Å². The molecule has 0 spiro atoms. The van der Waals surface area contributed by atoms with Gasteiger partial charge >= 0.3 is 10.4 Å². The molecule has 4 aliphatic heterocycles. The van der Waals surface area contributed by atoms with Gasteiger partial charge in [-0.15, -0.1) is 0 Å². The van der Waals surface area contributed by atoms with Gasteiger partial charge in [0.25, 0.3) is 0 Å². The highest BCUT2D eigenvalue weighted by molar-refractivity contribution is 7.80. The minimum Gasteiger partial charge on any atom is -0.394 e. The van der Waals surface area contributed by atoms with Crippen molar-refractivity contribution in [2.45, 2.75) is 130 Å². The van der Waals surface area contributed by atoms with Gasteiger partial charge in [-0.05, 0) is 0 Å². The zero-order chi connectivity index (χ0) is 38.8. The van der Waals surface area contributed by atoms with E-state index < -0.39 is 165 Å². The molecule has 26 heteroatoms. The number of hydrogen-bond donors (Lipinski definition) is 14. The molecule has 0 saturated carbocycles. The maximum atomic E-state index is 12.3. The van der Waals surface area contributed by atoms with Gasteiger partial charge in [0, 0.05) is 6.92 Å². The quantitative estimate of drug-likeness (QED) is 0.0770. The highest BCUT2D eigenvalue weighted by Crippen LogP contribution is 2.35. The minimum atomic E-state index is -5.52. The van der Waals surface area contributed by atoms with Gasteiger partial charge in [0.05, 0.1) is 26.4 Å². The normalized spacial score (nSPS) is 47.6. The van der Waals surface area contributed by atoms with Gasteiger partial charge in [-0.2, -0.15) is 8.42 Å². The second kappa shape index (κ2) is 18.0. The number of hydrogen-bond acceptors (Lipinski definition) is 23. The fourth-order valence-electron chi connectivity index (χ4n) is 6.18. The Balaban J connectivity index is 1.66. The van der Waals surface area contributed by atoms with E-state index in [1.807, 2.05) is 0 Å². The number of nitrogens with one attached hydrogen (secondary N) is 1. The summed E-state index contributed by atoms with van der Waals surface area (Å²) in [6.07, 6.45) is -36.7. The number of rotatable bonds is 13. The SMILES string of the molecule is CC(=O)N[C@H]1[C@H](O[C@@H]2[C@H](OS(=O)(=O)O)[C@@H](O)[C@H](O[C@H]3[C@H](O)[C@@H](O)[C@H](O)O[C@@H]3CO)O[C@@H]2CO)O[C@H](CO)[C@@H](O)[C@@H]1O[C@@H]1O[C@H](CO)[C@H](O)[C@H](O)[C@H]1O. The summed E-state index contributed by atoms with van der Waals surface area (Å²) in [7, 11) is -5.52. The molecular weight excluding hydrogens is 742 g/mol. The lowest BCUT2D eigenvalue weighted by atomic mass is 9.94. The van der Waals surface area contributed by atoms with Crippen LogP contribution >= 0.6 is 0 Å². The van der Waals surface area contributed by atoms with Gasteiger partial charge in [-0.3, -0.25) is 9.35 Å². The van der Waals surface area contributed by atoms with Crippen LogP contribution in [-0.4, -0.2) is 229 Å². The second-order valence-electron chi connectivity index (χ2n) is 12.4. The maximum absolute atomic E-state index is 12.3. The number of carbonyl (C=O) groups excluding carboxylic acids is 1. The van der Waals surface area contributed by atoms with E-state index in [0.717, 1.165) is 6.92 Å². The van der Waals surface area contributed by atoms with Crippen molar-refractivity contribution in [1.82, 2.24) is 5.32 Å². The van der Waals surface area contributed by atoms with E-state index in [2.05, 4.69) is 9.50 Å². The molecule has 0 unspecified atom stereocenters. The third-order valence-corrected chi connectivity index (χ3v) is 9.28. The lowest BCUT2D eigenvalue weighted by Crippen LogP contribution is -2.70. The first-order valence-corrected chi connectivity index (χ1v) is 17.1. The maximum Gasteiger partial charge on any atom is 0.397 e. The third-order valence-electron chi connectivity index (χ3n) is 8.81. The number of aliphatic hydroxyl groups is 12. The fraction of sp³-hybridized carbons (Fsp3) is 0.962. The molecular formula is C26H45NO24S. The van der Waals surface area contributed by atoms with Crippen LogP contribution < -0.4 is 5.32 Å². The van der Waals surface area contributed by atoms with Crippen LogP contribution in [0.5, 0.6) is 0 Å².